The van der Waals surface area contributed by atoms with E-state index in [1.54, 1.807) is 0 Å². The van der Waals surface area contributed by atoms with E-state index in [1.165, 1.54) is 0 Å². The fourth-order valence-electron chi connectivity index (χ4n) is 1.63. The molecule has 0 spiro atoms. The molecule has 1 atom stereocenters. The summed E-state index contributed by atoms with van der Waals surface area (Å²) in [5.41, 5.74) is 0.786. The lowest BCUT2D eigenvalue weighted by Crippen LogP contribution is -2.45. The number of halogens is 1. The number of hydrogen-bond acceptors (Lipinski definition) is 1. The molecule has 0 saturated carbocycles. The third-order valence-corrected chi connectivity index (χ3v) is 3.06. The Labute approximate surface area is 108 Å². The van der Waals surface area contributed by atoms with E-state index in [9.17, 15) is 4.79 Å². The van der Waals surface area contributed by atoms with Gasteiger partial charge in [-0.3, -0.25) is 4.79 Å². The molecule has 0 heterocycles. The number of carbonyl (C=O) groups excluding carboxylic acids is 1. The highest BCUT2D eigenvalue weighted by Crippen LogP contribution is 2.17. The summed E-state index contributed by atoms with van der Waals surface area (Å²) in [5, 5.41) is 3.03. The van der Waals surface area contributed by atoms with Crippen LogP contribution in [0.5, 0.6) is 0 Å². The summed E-state index contributed by atoms with van der Waals surface area (Å²) >= 11 is 5.71. The number of nitrogens with one attached hydrogen (secondary N) is 1. The van der Waals surface area contributed by atoms with Gasteiger partial charge in [0.1, 0.15) is 0 Å². The molecule has 0 radical (unpaired) electrons. The lowest BCUT2D eigenvalue weighted by atomic mass is 9.96. The second-order valence-corrected chi connectivity index (χ2v) is 5.32. The Hall–Kier alpha value is -1.02. The molecule has 2 nitrogen and oxygen atoms in total. The molecule has 0 fully saturated rings. The van der Waals surface area contributed by atoms with Crippen molar-refractivity contribution in [2.45, 2.75) is 38.6 Å². The van der Waals surface area contributed by atoms with E-state index in [4.69, 9.17) is 11.6 Å². The van der Waals surface area contributed by atoms with E-state index >= 15 is 0 Å². The van der Waals surface area contributed by atoms with Crippen LogP contribution in [0.15, 0.2) is 30.3 Å². The Bertz CT molecular complexity index is 362. The average molecular weight is 254 g/mol. The highest BCUT2D eigenvalue weighted by molar-refractivity contribution is 6.17. The molecule has 1 aromatic carbocycles. The zero-order chi connectivity index (χ0) is 12.9. The minimum absolute atomic E-state index is 0.0475. The van der Waals surface area contributed by atoms with Gasteiger partial charge in [-0.15, -0.1) is 11.6 Å². The van der Waals surface area contributed by atoms with Crippen LogP contribution >= 0.6 is 11.6 Å². The van der Waals surface area contributed by atoms with E-state index in [-0.39, 0.29) is 17.4 Å². The highest BCUT2D eigenvalue weighted by Gasteiger charge is 2.23. The number of alkyl halides is 1. The van der Waals surface area contributed by atoms with Gasteiger partial charge in [0, 0.05) is 11.4 Å². The van der Waals surface area contributed by atoms with Crippen molar-refractivity contribution in [3.05, 3.63) is 35.9 Å². The molecule has 1 aromatic rings. The van der Waals surface area contributed by atoms with Crippen LogP contribution in [-0.4, -0.2) is 17.3 Å². The van der Waals surface area contributed by atoms with E-state index in [1.807, 2.05) is 51.1 Å². The minimum atomic E-state index is -0.248. The molecule has 0 aliphatic rings. The fraction of sp³-hybridized carbons (Fsp3) is 0.500. The monoisotopic (exact) mass is 253 g/mol. The van der Waals surface area contributed by atoms with Crippen molar-refractivity contribution < 1.29 is 4.79 Å². The van der Waals surface area contributed by atoms with Crippen LogP contribution in [0.4, 0.5) is 0 Å². The van der Waals surface area contributed by atoms with Crippen molar-refractivity contribution in [3.8, 4) is 0 Å². The summed E-state index contributed by atoms with van der Waals surface area (Å²) in [5.74, 6) is 0.463. The van der Waals surface area contributed by atoms with E-state index < -0.39 is 0 Å². The van der Waals surface area contributed by atoms with Gasteiger partial charge in [-0.1, -0.05) is 30.3 Å². The number of hydrogen-bond donors (Lipinski definition) is 1. The summed E-state index contributed by atoms with van der Waals surface area (Å²) < 4.78 is 0. The Morgan fingerprint density at radius 3 is 2.47 bits per heavy atom. The minimum Gasteiger partial charge on any atom is -0.351 e. The average Bonchev–Trinajstić information content (AvgIpc) is 2.28. The Kier molecular flexibility index (Phi) is 5.01. The van der Waals surface area contributed by atoms with Gasteiger partial charge in [0.2, 0.25) is 5.91 Å². The topological polar surface area (TPSA) is 29.1 Å². The van der Waals surface area contributed by atoms with E-state index in [2.05, 4.69) is 5.32 Å². The molecule has 1 N–H and O–H groups in total. The molecule has 1 unspecified atom stereocenters. The van der Waals surface area contributed by atoms with Crippen LogP contribution in [0.25, 0.3) is 0 Å². The summed E-state index contributed by atoms with van der Waals surface area (Å²) in [6.07, 6.45) is 0.766. The number of amides is 1. The zero-order valence-corrected chi connectivity index (χ0v) is 11.4. The molecule has 17 heavy (non-hydrogen) atoms. The SMILES string of the molecule is CC(C(=O)NC(C)(C)CCCl)c1ccccc1. The third kappa shape index (κ3) is 4.39. The van der Waals surface area contributed by atoms with Gasteiger partial charge in [0.15, 0.2) is 0 Å². The summed E-state index contributed by atoms with van der Waals surface area (Å²) in [6, 6.07) is 9.79. The van der Waals surface area contributed by atoms with Crippen molar-refractivity contribution in [3.63, 3.8) is 0 Å². The molecule has 94 valence electrons. The van der Waals surface area contributed by atoms with Crippen LogP contribution in [0, 0.1) is 0 Å². The maximum Gasteiger partial charge on any atom is 0.227 e. The number of carbonyl (C=O) groups is 1. The number of rotatable bonds is 5. The molecule has 0 aromatic heterocycles. The molecular weight excluding hydrogens is 234 g/mol. The lowest BCUT2D eigenvalue weighted by molar-refractivity contribution is -0.123. The first-order valence-electron chi connectivity index (χ1n) is 5.89. The van der Waals surface area contributed by atoms with Crippen molar-refractivity contribution in [2.75, 3.05) is 5.88 Å². The highest BCUT2D eigenvalue weighted by atomic mass is 35.5. The number of benzene rings is 1. The van der Waals surface area contributed by atoms with Gasteiger partial charge in [0.05, 0.1) is 5.92 Å². The first-order chi connectivity index (χ1) is 7.96. The third-order valence-electron chi connectivity index (χ3n) is 2.87. The summed E-state index contributed by atoms with van der Waals surface area (Å²) in [7, 11) is 0. The van der Waals surface area contributed by atoms with E-state index in [0.29, 0.717) is 5.88 Å². The smallest absolute Gasteiger partial charge is 0.227 e. The van der Waals surface area contributed by atoms with Gasteiger partial charge in [-0.2, -0.15) is 0 Å². The molecular formula is C14H20ClNO. The second-order valence-electron chi connectivity index (χ2n) is 4.94. The van der Waals surface area contributed by atoms with Crippen LogP contribution in [0.3, 0.4) is 0 Å². The standard InChI is InChI=1S/C14H20ClNO/c1-11(12-7-5-4-6-8-12)13(17)16-14(2,3)9-10-15/h4-8,11H,9-10H2,1-3H3,(H,16,17). The molecule has 0 saturated heterocycles. The Balaban J connectivity index is 2.65. The van der Waals surface area contributed by atoms with Crippen molar-refractivity contribution in [1.82, 2.24) is 5.32 Å². The van der Waals surface area contributed by atoms with Gasteiger partial charge < -0.3 is 5.32 Å². The van der Waals surface area contributed by atoms with Crippen molar-refractivity contribution in [2.24, 2.45) is 0 Å². The van der Waals surface area contributed by atoms with Gasteiger partial charge >= 0.3 is 0 Å². The fourth-order valence-corrected chi connectivity index (χ4v) is 2.11. The van der Waals surface area contributed by atoms with Crippen LogP contribution < -0.4 is 5.32 Å². The van der Waals surface area contributed by atoms with Crippen molar-refractivity contribution >= 4 is 17.5 Å². The van der Waals surface area contributed by atoms with Gasteiger partial charge in [-0.05, 0) is 32.8 Å². The maximum absolute atomic E-state index is 12.1. The first kappa shape index (κ1) is 14.0. The zero-order valence-electron chi connectivity index (χ0n) is 10.7. The lowest BCUT2D eigenvalue weighted by Gasteiger charge is -2.27. The van der Waals surface area contributed by atoms with Crippen LogP contribution in [0.1, 0.15) is 38.7 Å². The molecule has 1 rings (SSSR count). The van der Waals surface area contributed by atoms with Gasteiger partial charge in [0.25, 0.3) is 0 Å². The molecule has 0 aliphatic heterocycles. The Morgan fingerprint density at radius 2 is 1.94 bits per heavy atom. The maximum atomic E-state index is 12.1. The second kappa shape index (κ2) is 6.06. The Morgan fingerprint density at radius 1 is 1.35 bits per heavy atom. The summed E-state index contributed by atoms with van der Waals surface area (Å²) in [6.45, 7) is 5.90. The predicted octanol–water partition coefficient (Wildman–Crippen LogP) is 3.31. The molecule has 0 aliphatic carbocycles. The largest absolute Gasteiger partial charge is 0.351 e. The predicted molar refractivity (Wildman–Crippen MR) is 72.4 cm³/mol. The van der Waals surface area contributed by atoms with Crippen molar-refractivity contribution in [1.29, 1.82) is 0 Å². The molecule has 1 amide bonds. The van der Waals surface area contributed by atoms with E-state index in [0.717, 1.165) is 12.0 Å². The molecule has 0 bridgehead atoms. The first-order valence-corrected chi connectivity index (χ1v) is 6.42. The molecule has 3 heteroatoms. The van der Waals surface area contributed by atoms with Crippen LogP contribution in [-0.2, 0) is 4.79 Å². The van der Waals surface area contributed by atoms with Crippen LogP contribution in [0.2, 0.25) is 0 Å². The quantitative estimate of drug-likeness (QED) is 0.802. The summed E-state index contributed by atoms with van der Waals surface area (Å²) in [4.78, 5) is 12.1. The van der Waals surface area contributed by atoms with Gasteiger partial charge in [-0.25, -0.2) is 0 Å². The normalized spacial score (nSPS) is 13.2.